The summed E-state index contributed by atoms with van der Waals surface area (Å²) in [5, 5.41) is 7.48. The fourth-order valence-electron chi connectivity index (χ4n) is 10.3. The van der Waals surface area contributed by atoms with Crippen molar-refractivity contribution in [3.8, 4) is 55.6 Å². The number of hydrogen-bond donors (Lipinski definition) is 0. The zero-order valence-electron chi connectivity index (χ0n) is 36.0. The molecule has 0 saturated carbocycles. The molecule has 0 bridgehead atoms. The van der Waals surface area contributed by atoms with E-state index in [4.69, 9.17) is 0 Å². The molecular formula is C63H45N. The summed E-state index contributed by atoms with van der Waals surface area (Å²) < 4.78 is 0. The van der Waals surface area contributed by atoms with E-state index in [1.807, 2.05) is 0 Å². The summed E-state index contributed by atoms with van der Waals surface area (Å²) in [5.74, 6) is 0. The summed E-state index contributed by atoms with van der Waals surface area (Å²) in [6.45, 7) is 4.78. The van der Waals surface area contributed by atoms with Gasteiger partial charge in [-0.05, 0) is 130 Å². The molecule has 0 aromatic heterocycles. The maximum Gasteiger partial charge on any atom is 0.0546 e. The molecule has 0 spiro atoms. The summed E-state index contributed by atoms with van der Waals surface area (Å²) in [5.41, 5.74) is 18.4. The molecule has 0 atom stereocenters. The molecule has 0 fully saturated rings. The quantitative estimate of drug-likeness (QED) is 0.145. The molecule has 11 aromatic rings. The van der Waals surface area contributed by atoms with Crippen molar-refractivity contribution in [2.24, 2.45) is 0 Å². The van der Waals surface area contributed by atoms with Crippen molar-refractivity contribution in [2.75, 3.05) is 4.90 Å². The first kappa shape index (κ1) is 37.7. The van der Waals surface area contributed by atoms with Gasteiger partial charge in [0.2, 0.25) is 0 Å². The van der Waals surface area contributed by atoms with E-state index < -0.39 is 0 Å². The van der Waals surface area contributed by atoms with E-state index >= 15 is 0 Å². The molecule has 302 valence electrons. The Bertz CT molecular complexity index is 3540. The van der Waals surface area contributed by atoms with Gasteiger partial charge in [-0.15, -0.1) is 0 Å². The third-order valence-electron chi connectivity index (χ3n) is 13.7. The first-order chi connectivity index (χ1) is 31.5. The third-order valence-corrected chi connectivity index (χ3v) is 13.7. The monoisotopic (exact) mass is 815 g/mol. The van der Waals surface area contributed by atoms with Crippen LogP contribution in [0, 0.1) is 0 Å². The van der Waals surface area contributed by atoms with Gasteiger partial charge in [-0.2, -0.15) is 0 Å². The van der Waals surface area contributed by atoms with E-state index in [0.717, 1.165) is 11.4 Å². The minimum Gasteiger partial charge on any atom is -0.310 e. The molecule has 1 heteroatoms. The average Bonchev–Trinajstić information content (AvgIpc) is 3.59. The number of benzene rings is 11. The Hall–Kier alpha value is -8.00. The van der Waals surface area contributed by atoms with Gasteiger partial charge in [-0.1, -0.05) is 214 Å². The predicted molar refractivity (Wildman–Crippen MR) is 273 cm³/mol. The zero-order chi connectivity index (χ0) is 42.8. The van der Waals surface area contributed by atoms with Crippen LogP contribution >= 0.6 is 0 Å². The van der Waals surface area contributed by atoms with E-state index in [1.165, 1.54) is 105 Å². The van der Waals surface area contributed by atoms with Crippen molar-refractivity contribution < 1.29 is 0 Å². The minimum absolute atomic E-state index is 0.216. The van der Waals surface area contributed by atoms with Crippen LogP contribution in [0.5, 0.6) is 0 Å². The standard InChI is InChI=1S/C63H45N/c1-63(2)60-39-49(46-29-27-45(28-30-46)44-25-23-43(24-26-44)42-13-4-3-5-14-42)33-37-57(60)58-38-36-52(41-61(58)63)64(62-40-50-16-7-9-19-55(50)56-20-10-11-21-59(56)62)51-34-31-48(32-35-51)54-22-12-17-47-15-6-8-18-53(47)54/h3-41H,1-2H3. The molecule has 12 rings (SSSR count). The first-order valence-corrected chi connectivity index (χ1v) is 22.3. The molecule has 1 aliphatic rings. The second-order valence-electron chi connectivity index (χ2n) is 17.7. The van der Waals surface area contributed by atoms with E-state index in [-0.39, 0.29) is 5.41 Å². The van der Waals surface area contributed by atoms with Crippen LogP contribution in [0.15, 0.2) is 237 Å². The summed E-state index contributed by atoms with van der Waals surface area (Å²) in [6.07, 6.45) is 0. The average molecular weight is 816 g/mol. The fraction of sp³-hybridized carbons (Fsp3) is 0.0476. The van der Waals surface area contributed by atoms with Gasteiger partial charge in [0.15, 0.2) is 0 Å². The number of nitrogens with zero attached hydrogens (tertiary/aromatic N) is 1. The molecular weight excluding hydrogens is 771 g/mol. The van der Waals surface area contributed by atoms with Gasteiger partial charge in [0.05, 0.1) is 5.69 Å². The number of anilines is 3. The Kier molecular flexibility index (Phi) is 8.91. The van der Waals surface area contributed by atoms with E-state index in [2.05, 4.69) is 255 Å². The Labute approximate surface area is 375 Å². The van der Waals surface area contributed by atoms with Crippen molar-refractivity contribution in [3.05, 3.63) is 248 Å². The molecule has 0 heterocycles. The van der Waals surface area contributed by atoms with Crippen LogP contribution in [-0.4, -0.2) is 0 Å². The van der Waals surface area contributed by atoms with Crippen LogP contribution in [0.4, 0.5) is 17.1 Å². The molecule has 0 radical (unpaired) electrons. The molecule has 0 saturated heterocycles. The Balaban J connectivity index is 0.924. The normalized spacial score (nSPS) is 12.7. The molecule has 0 amide bonds. The lowest BCUT2D eigenvalue weighted by Gasteiger charge is -2.29. The second kappa shape index (κ2) is 15.1. The highest BCUT2D eigenvalue weighted by molar-refractivity contribution is 6.14. The van der Waals surface area contributed by atoms with Crippen LogP contribution in [0.25, 0.3) is 88.0 Å². The van der Waals surface area contributed by atoms with Crippen LogP contribution < -0.4 is 4.90 Å². The van der Waals surface area contributed by atoms with Crippen molar-refractivity contribution in [1.82, 2.24) is 0 Å². The number of rotatable bonds is 7. The molecule has 1 nitrogen and oxygen atoms in total. The highest BCUT2D eigenvalue weighted by atomic mass is 15.1. The summed E-state index contributed by atoms with van der Waals surface area (Å²) in [6, 6.07) is 87.2. The Morgan fingerprint density at radius 1 is 0.281 bits per heavy atom. The highest BCUT2D eigenvalue weighted by Gasteiger charge is 2.36. The van der Waals surface area contributed by atoms with Crippen molar-refractivity contribution >= 4 is 49.4 Å². The molecule has 11 aromatic carbocycles. The van der Waals surface area contributed by atoms with Gasteiger partial charge in [-0.25, -0.2) is 0 Å². The SMILES string of the molecule is CC1(C)c2cc(-c3ccc(-c4ccc(-c5ccccc5)cc4)cc3)ccc2-c2ccc(N(c3ccc(-c4cccc5ccccc45)cc3)c3cc4ccccc4c4ccccc34)cc21. The number of hydrogen-bond acceptors (Lipinski definition) is 1. The lowest BCUT2D eigenvalue weighted by Crippen LogP contribution is -2.17. The molecule has 1 aliphatic carbocycles. The van der Waals surface area contributed by atoms with Crippen molar-refractivity contribution in [1.29, 1.82) is 0 Å². The lowest BCUT2D eigenvalue weighted by molar-refractivity contribution is 0.660. The van der Waals surface area contributed by atoms with Gasteiger partial charge in [0, 0.05) is 22.2 Å². The smallest absolute Gasteiger partial charge is 0.0546 e. The summed E-state index contributed by atoms with van der Waals surface area (Å²) in [4.78, 5) is 2.48. The Morgan fingerprint density at radius 3 is 1.44 bits per heavy atom. The maximum atomic E-state index is 2.48. The largest absolute Gasteiger partial charge is 0.310 e. The Morgan fingerprint density at radius 2 is 0.750 bits per heavy atom. The highest BCUT2D eigenvalue weighted by Crippen LogP contribution is 2.52. The number of fused-ring (bicyclic) bond motifs is 7. The van der Waals surface area contributed by atoms with Gasteiger partial charge in [-0.3, -0.25) is 0 Å². The third kappa shape index (κ3) is 6.31. The molecule has 64 heavy (non-hydrogen) atoms. The van der Waals surface area contributed by atoms with Crippen molar-refractivity contribution in [2.45, 2.75) is 19.3 Å². The van der Waals surface area contributed by atoms with Gasteiger partial charge in [0.25, 0.3) is 0 Å². The zero-order valence-corrected chi connectivity index (χ0v) is 36.0. The topological polar surface area (TPSA) is 3.24 Å². The van der Waals surface area contributed by atoms with Crippen molar-refractivity contribution in [3.63, 3.8) is 0 Å². The second-order valence-corrected chi connectivity index (χ2v) is 17.7. The van der Waals surface area contributed by atoms with E-state index in [1.54, 1.807) is 0 Å². The maximum absolute atomic E-state index is 2.48. The van der Waals surface area contributed by atoms with Gasteiger partial charge >= 0.3 is 0 Å². The van der Waals surface area contributed by atoms with E-state index in [0.29, 0.717) is 0 Å². The lowest BCUT2D eigenvalue weighted by atomic mass is 9.81. The summed E-state index contributed by atoms with van der Waals surface area (Å²) in [7, 11) is 0. The molecule has 0 aliphatic heterocycles. The van der Waals surface area contributed by atoms with Crippen LogP contribution in [0.1, 0.15) is 25.0 Å². The van der Waals surface area contributed by atoms with E-state index in [9.17, 15) is 0 Å². The summed E-state index contributed by atoms with van der Waals surface area (Å²) >= 11 is 0. The first-order valence-electron chi connectivity index (χ1n) is 22.3. The van der Waals surface area contributed by atoms with Gasteiger partial charge in [0.1, 0.15) is 0 Å². The van der Waals surface area contributed by atoms with Gasteiger partial charge < -0.3 is 4.90 Å². The van der Waals surface area contributed by atoms with Crippen LogP contribution in [0.3, 0.4) is 0 Å². The minimum atomic E-state index is -0.216. The molecule has 0 N–H and O–H groups in total. The van der Waals surface area contributed by atoms with Crippen LogP contribution in [0.2, 0.25) is 0 Å². The predicted octanol–water partition coefficient (Wildman–Crippen LogP) is 17.6. The fourth-order valence-corrected chi connectivity index (χ4v) is 10.3. The molecule has 0 unspecified atom stereocenters. The van der Waals surface area contributed by atoms with Crippen LogP contribution in [-0.2, 0) is 5.41 Å².